The molecule has 0 atom stereocenters. The topological polar surface area (TPSA) is 28.7 Å². The molecule has 0 saturated carbocycles. The maximum atomic E-state index is 13.4. The van der Waals surface area contributed by atoms with Crippen molar-refractivity contribution in [2.45, 2.75) is 78.8 Å². The molecule has 0 aliphatic carbocycles. The van der Waals surface area contributed by atoms with Crippen LogP contribution in [0.4, 0.5) is 13.2 Å². The summed E-state index contributed by atoms with van der Waals surface area (Å²) in [5.41, 5.74) is -0.480. The zero-order valence-corrected chi connectivity index (χ0v) is 16.9. The fourth-order valence-corrected chi connectivity index (χ4v) is 19.4. The van der Waals surface area contributed by atoms with Crippen molar-refractivity contribution in [1.82, 2.24) is 10.2 Å². The van der Waals surface area contributed by atoms with Gasteiger partial charge in [-0.05, 0) is 0 Å². The van der Waals surface area contributed by atoms with Gasteiger partial charge in [0, 0.05) is 0 Å². The predicted molar refractivity (Wildman–Crippen MR) is 88.1 cm³/mol. The second-order valence-corrected chi connectivity index (χ2v) is 19.3. The van der Waals surface area contributed by atoms with Gasteiger partial charge in [0.2, 0.25) is 0 Å². The molecule has 22 heavy (non-hydrogen) atoms. The first-order chi connectivity index (χ1) is 10.4. The molecule has 0 aromatic carbocycles. The van der Waals surface area contributed by atoms with Gasteiger partial charge in [0.05, 0.1) is 0 Å². The number of aromatic amines is 1. The Morgan fingerprint density at radius 1 is 0.955 bits per heavy atom. The van der Waals surface area contributed by atoms with Gasteiger partial charge in [-0.3, -0.25) is 0 Å². The number of rotatable bonds is 10. The van der Waals surface area contributed by atoms with E-state index >= 15 is 0 Å². The summed E-state index contributed by atoms with van der Waals surface area (Å²) in [6.45, 7) is 6.36. The Kier molecular flexibility index (Phi) is 8.28. The third-order valence-electron chi connectivity index (χ3n) is 4.50. The zero-order chi connectivity index (χ0) is 16.6. The summed E-state index contributed by atoms with van der Waals surface area (Å²) in [6, 6.07) is 0. The van der Waals surface area contributed by atoms with Gasteiger partial charge >= 0.3 is 136 Å². The molecule has 0 spiro atoms. The minimum absolute atomic E-state index is 0.480. The number of nitrogens with zero attached hydrogens (tertiary/aromatic N) is 1. The van der Waals surface area contributed by atoms with Crippen LogP contribution in [0.3, 0.4) is 0 Å². The van der Waals surface area contributed by atoms with E-state index in [2.05, 4.69) is 31.0 Å². The van der Waals surface area contributed by atoms with Crippen molar-refractivity contribution in [3.8, 4) is 0 Å². The number of alkyl halides is 3. The van der Waals surface area contributed by atoms with Crippen LogP contribution in [0.1, 0.15) is 64.9 Å². The van der Waals surface area contributed by atoms with E-state index in [0.29, 0.717) is 3.71 Å². The van der Waals surface area contributed by atoms with Gasteiger partial charge in [-0.1, -0.05) is 0 Å². The van der Waals surface area contributed by atoms with E-state index in [1.165, 1.54) is 0 Å². The summed E-state index contributed by atoms with van der Waals surface area (Å²) < 4.78 is 43.6. The summed E-state index contributed by atoms with van der Waals surface area (Å²) >= 11 is -3.08. The van der Waals surface area contributed by atoms with Crippen LogP contribution in [0.5, 0.6) is 0 Å². The monoisotopic (exact) mass is 426 g/mol. The van der Waals surface area contributed by atoms with Crippen LogP contribution in [-0.4, -0.2) is 28.6 Å². The Morgan fingerprint density at radius 3 is 1.77 bits per heavy atom. The van der Waals surface area contributed by atoms with Crippen molar-refractivity contribution in [2.24, 2.45) is 0 Å². The van der Waals surface area contributed by atoms with Gasteiger partial charge in [-0.15, -0.1) is 0 Å². The molecule has 0 bridgehead atoms. The number of aromatic nitrogens is 2. The first-order valence-corrected chi connectivity index (χ1v) is 16.0. The molecule has 1 N–H and O–H groups in total. The average molecular weight is 425 g/mol. The van der Waals surface area contributed by atoms with Gasteiger partial charge in [0.1, 0.15) is 0 Å². The summed E-state index contributed by atoms with van der Waals surface area (Å²) in [6.07, 6.45) is 2.99. The van der Waals surface area contributed by atoms with Gasteiger partial charge < -0.3 is 0 Å². The third-order valence-corrected chi connectivity index (χ3v) is 19.8. The molecule has 0 fully saturated rings. The Bertz CT molecular complexity index is 407. The van der Waals surface area contributed by atoms with Crippen LogP contribution in [0.15, 0.2) is 6.20 Å². The van der Waals surface area contributed by atoms with Crippen LogP contribution in [0.25, 0.3) is 0 Å². The summed E-state index contributed by atoms with van der Waals surface area (Å²) in [7, 11) is 0. The minimum atomic E-state index is -4.28. The number of nitrogens with one attached hydrogen (secondary N) is 1. The zero-order valence-electron chi connectivity index (χ0n) is 14.0. The molecule has 0 unspecified atom stereocenters. The summed E-state index contributed by atoms with van der Waals surface area (Å²) in [5.74, 6) is 0. The van der Waals surface area contributed by atoms with Gasteiger partial charge in [0.25, 0.3) is 0 Å². The van der Waals surface area contributed by atoms with E-state index in [1.54, 1.807) is 0 Å². The number of hydrogen-bond acceptors (Lipinski definition) is 1. The first-order valence-electron chi connectivity index (χ1n) is 8.52. The molecule has 1 aromatic heterocycles. The molecule has 0 radical (unpaired) electrons. The molecule has 1 heterocycles. The van der Waals surface area contributed by atoms with E-state index in [9.17, 15) is 13.2 Å². The molecule has 0 aliphatic heterocycles. The van der Waals surface area contributed by atoms with Gasteiger partial charge in [0.15, 0.2) is 0 Å². The average Bonchev–Trinajstić information content (AvgIpc) is 2.97. The van der Waals surface area contributed by atoms with E-state index < -0.39 is 30.1 Å². The number of unbranched alkanes of at least 4 members (excludes halogenated alkanes) is 3. The van der Waals surface area contributed by atoms with Crippen LogP contribution in [-0.2, 0) is 6.18 Å². The van der Waals surface area contributed by atoms with Crippen LogP contribution in [0.2, 0.25) is 13.3 Å². The predicted octanol–water partition coefficient (Wildman–Crippen LogP) is 5.48. The Morgan fingerprint density at radius 2 is 1.41 bits per heavy atom. The van der Waals surface area contributed by atoms with Crippen molar-refractivity contribution in [3.63, 3.8) is 0 Å². The molecule has 1 rings (SSSR count). The Hall–Kier alpha value is -0.201. The van der Waals surface area contributed by atoms with Crippen LogP contribution >= 0.6 is 0 Å². The fraction of sp³-hybridized carbons (Fsp3) is 0.812. The molecule has 128 valence electrons. The van der Waals surface area contributed by atoms with E-state index in [0.717, 1.165) is 58.0 Å². The second kappa shape index (κ2) is 9.18. The van der Waals surface area contributed by atoms with Gasteiger partial charge in [-0.25, -0.2) is 0 Å². The molecule has 2 nitrogen and oxygen atoms in total. The third kappa shape index (κ3) is 5.17. The van der Waals surface area contributed by atoms with E-state index in [4.69, 9.17) is 0 Å². The van der Waals surface area contributed by atoms with Gasteiger partial charge in [-0.2, -0.15) is 0 Å². The van der Waals surface area contributed by atoms with E-state index in [1.807, 2.05) is 0 Å². The molecule has 0 amide bonds. The molecular weight excluding hydrogens is 396 g/mol. The SMILES string of the molecule is CCC[CH2][Sn]([CH2]CCC)([CH2]CCC)[c]1[nH]ncc1C(F)(F)F. The molecule has 0 aliphatic rings. The van der Waals surface area contributed by atoms with Crippen molar-refractivity contribution in [3.05, 3.63) is 11.8 Å². The number of H-pyrrole nitrogens is 1. The van der Waals surface area contributed by atoms with Crippen molar-refractivity contribution in [2.75, 3.05) is 0 Å². The number of hydrogen-bond donors (Lipinski definition) is 1. The Balaban J connectivity index is 3.23. The molecule has 6 heteroatoms. The van der Waals surface area contributed by atoms with Crippen LogP contribution in [0, 0.1) is 0 Å². The molecule has 0 saturated heterocycles. The van der Waals surface area contributed by atoms with Crippen molar-refractivity contribution >= 4 is 22.1 Å². The number of halogens is 3. The maximum absolute atomic E-state index is 13.4. The molecular formula is C16H29F3N2Sn. The normalized spacial score (nSPS) is 12.8. The fourth-order valence-electron chi connectivity index (χ4n) is 3.20. The van der Waals surface area contributed by atoms with E-state index in [-0.39, 0.29) is 0 Å². The first kappa shape index (κ1) is 19.8. The summed E-state index contributed by atoms with van der Waals surface area (Å²) in [5, 5.41) is 6.59. The van der Waals surface area contributed by atoms with Crippen LogP contribution < -0.4 is 3.71 Å². The van der Waals surface area contributed by atoms with Crippen molar-refractivity contribution in [1.29, 1.82) is 0 Å². The summed E-state index contributed by atoms with van der Waals surface area (Å²) in [4.78, 5) is 0. The standard InChI is InChI=1S/C4H2F3N2.3C4H9.Sn/c5-4(6,7)3-1-8-9-2-3;3*1-3-4-2;/h1H,(H,8,9);3*1,3-4H2,2H3;. The van der Waals surface area contributed by atoms with Crippen molar-refractivity contribution < 1.29 is 13.2 Å². The quantitative estimate of drug-likeness (QED) is 0.494. The molecule has 1 aromatic rings. The second-order valence-electron chi connectivity index (χ2n) is 6.25. The Labute approximate surface area is 136 Å².